The normalized spacial score (nSPS) is 10.2. The van der Waals surface area contributed by atoms with Gasteiger partial charge in [-0.15, -0.1) is 11.8 Å². The minimum Gasteiger partial charge on any atom is -0.399 e. The van der Waals surface area contributed by atoms with E-state index < -0.39 is 0 Å². The molecule has 5 heteroatoms. The molecule has 0 aliphatic carbocycles. The van der Waals surface area contributed by atoms with Crippen LogP contribution in [0.25, 0.3) is 0 Å². The summed E-state index contributed by atoms with van der Waals surface area (Å²) in [5, 5.41) is 3.21. The van der Waals surface area contributed by atoms with Crippen LogP contribution in [-0.2, 0) is 0 Å². The first-order chi connectivity index (χ1) is 9.11. The van der Waals surface area contributed by atoms with E-state index in [2.05, 4.69) is 5.32 Å². The maximum Gasteiger partial charge on any atom is 0.256 e. The monoisotopic (exact) mass is 292 g/mol. The third-order valence-electron chi connectivity index (χ3n) is 2.59. The van der Waals surface area contributed by atoms with Gasteiger partial charge in [0.25, 0.3) is 5.91 Å². The number of hydrogen-bond acceptors (Lipinski definition) is 3. The Labute approximate surface area is 121 Å². The van der Waals surface area contributed by atoms with Crippen LogP contribution in [0.15, 0.2) is 47.4 Å². The number of hydrogen-bond donors (Lipinski definition) is 2. The smallest absolute Gasteiger partial charge is 0.256 e. The molecule has 0 heterocycles. The summed E-state index contributed by atoms with van der Waals surface area (Å²) in [6.07, 6.45) is 1.93. The summed E-state index contributed by atoms with van der Waals surface area (Å²) in [5.74, 6) is -0.184. The van der Waals surface area contributed by atoms with Crippen molar-refractivity contribution in [2.75, 3.05) is 17.3 Å². The Morgan fingerprint density at radius 2 is 2.00 bits per heavy atom. The van der Waals surface area contributed by atoms with Crippen LogP contribution in [0.2, 0.25) is 5.02 Å². The van der Waals surface area contributed by atoms with Crippen LogP contribution in [0.5, 0.6) is 0 Å². The molecule has 0 saturated carbocycles. The van der Waals surface area contributed by atoms with Crippen molar-refractivity contribution in [3.8, 4) is 0 Å². The van der Waals surface area contributed by atoms with Crippen LogP contribution in [-0.4, -0.2) is 12.2 Å². The molecule has 0 atom stereocenters. The maximum absolute atomic E-state index is 12.2. The molecule has 1 amide bonds. The molecule has 19 heavy (non-hydrogen) atoms. The second kappa shape index (κ2) is 5.99. The molecule has 0 aliphatic heterocycles. The molecule has 0 aromatic heterocycles. The number of carbonyl (C=O) groups excluding carboxylic acids is 1. The van der Waals surface area contributed by atoms with Gasteiger partial charge in [-0.05, 0) is 36.6 Å². The summed E-state index contributed by atoms with van der Waals surface area (Å²) in [4.78, 5) is 13.1. The zero-order valence-corrected chi connectivity index (χ0v) is 11.9. The first-order valence-corrected chi connectivity index (χ1v) is 7.21. The average molecular weight is 293 g/mol. The molecule has 0 fully saturated rings. The molecule has 2 aromatic carbocycles. The minimum absolute atomic E-state index is 0.184. The van der Waals surface area contributed by atoms with Crippen molar-refractivity contribution in [2.24, 2.45) is 0 Å². The fraction of sp³-hybridized carbons (Fsp3) is 0.0714. The van der Waals surface area contributed by atoms with Gasteiger partial charge in [0.2, 0.25) is 0 Å². The van der Waals surface area contributed by atoms with Gasteiger partial charge in [0.05, 0.1) is 16.3 Å². The average Bonchev–Trinajstić information content (AvgIpc) is 2.41. The third kappa shape index (κ3) is 3.22. The Balaban J connectivity index is 2.26. The highest BCUT2D eigenvalue weighted by Gasteiger charge is 2.12. The van der Waals surface area contributed by atoms with Gasteiger partial charge >= 0.3 is 0 Å². The number of anilines is 2. The van der Waals surface area contributed by atoms with Crippen molar-refractivity contribution in [1.82, 2.24) is 0 Å². The lowest BCUT2D eigenvalue weighted by atomic mass is 10.2. The summed E-state index contributed by atoms with van der Waals surface area (Å²) in [6.45, 7) is 0. The molecule has 0 saturated heterocycles. The highest BCUT2D eigenvalue weighted by molar-refractivity contribution is 7.98. The van der Waals surface area contributed by atoms with Gasteiger partial charge in [-0.25, -0.2) is 0 Å². The number of nitrogen functional groups attached to an aromatic ring is 1. The second-order valence-electron chi connectivity index (χ2n) is 3.89. The van der Waals surface area contributed by atoms with E-state index in [0.29, 0.717) is 22.0 Å². The summed E-state index contributed by atoms with van der Waals surface area (Å²) in [6, 6.07) is 12.4. The molecule has 2 rings (SSSR count). The van der Waals surface area contributed by atoms with E-state index in [9.17, 15) is 4.79 Å². The van der Waals surface area contributed by atoms with Crippen molar-refractivity contribution in [3.05, 3.63) is 53.1 Å². The highest BCUT2D eigenvalue weighted by Crippen LogP contribution is 2.26. The van der Waals surface area contributed by atoms with Crippen LogP contribution in [0.4, 0.5) is 11.4 Å². The van der Waals surface area contributed by atoms with E-state index in [1.807, 2.05) is 24.5 Å². The van der Waals surface area contributed by atoms with Gasteiger partial charge < -0.3 is 11.1 Å². The molecule has 0 aliphatic rings. The van der Waals surface area contributed by atoms with E-state index in [1.165, 1.54) is 11.8 Å². The van der Waals surface area contributed by atoms with Crippen LogP contribution in [0.1, 0.15) is 10.4 Å². The van der Waals surface area contributed by atoms with E-state index in [-0.39, 0.29) is 5.91 Å². The lowest BCUT2D eigenvalue weighted by molar-refractivity contribution is 0.102. The summed E-state index contributed by atoms with van der Waals surface area (Å²) < 4.78 is 0. The topological polar surface area (TPSA) is 55.1 Å². The first-order valence-electron chi connectivity index (χ1n) is 5.61. The van der Waals surface area contributed by atoms with Gasteiger partial charge in [0, 0.05) is 10.6 Å². The summed E-state index contributed by atoms with van der Waals surface area (Å²) in [5.41, 5.74) is 7.36. The standard InChI is InChI=1S/C14H13ClN2OS/c1-19-13-5-3-2-4-10(13)14(18)17-12-7-6-9(16)8-11(12)15/h2-8H,16H2,1H3,(H,17,18). The number of halogens is 1. The Kier molecular flexibility index (Phi) is 4.35. The van der Waals surface area contributed by atoms with E-state index in [1.54, 1.807) is 24.3 Å². The molecule has 0 spiro atoms. The summed E-state index contributed by atoms with van der Waals surface area (Å²) >= 11 is 7.56. The fourth-order valence-corrected chi connectivity index (χ4v) is 2.49. The van der Waals surface area contributed by atoms with Gasteiger partial charge in [0.15, 0.2) is 0 Å². The lowest BCUT2D eigenvalue weighted by Gasteiger charge is -2.10. The van der Waals surface area contributed by atoms with Gasteiger partial charge in [-0.2, -0.15) is 0 Å². The highest BCUT2D eigenvalue weighted by atomic mass is 35.5. The largest absolute Gasteiger partial charge is 0.399 e. The second-order valence-corrected chi connectivity index (χ2v) is 5.15. The number of nitrogens with two attached hydrogens (primary N) is 1. The van der Waals surface area contributed by atoms with E-state index in [0.717, 1.165) is 4.90 Å². The van der Waals surface area contributed by atoms with Crippen LogP contribution >= 0.6 is 23.4 Å². The molecule has 0 bridgehead atoms. The maximum atomic E-state index is 12.2. The van der Waals surface area contributed by atoms with E-state index in [4.69, 9.17) is 17.3 Å². The van der Waals surface area contributed by atoms with Crippen LogP contribution in [0.3, 0.4) is 0 Å². The van der Waals surface area contributed by atoms with Crippen molar-refractivity contribution >= 4 is 40.6 Å². The number of thioether (sulfide) groups is 1. The quantitative estimate of drug-likeness (QED) is 0.666. The van der Waals surface area contributed by atoms with E-state index >= 15 is 0 Å². The Morgan fingerprint density at radius 3 is 2.68 bits per heavy atom. The SMILES string of the molecule is CSc1ccccc1C(=O)Nc1ccc(N)cc1Cl. The molecule has 0 radical (unpaired) electrons. The number of nitrogens with one attached hydrogen (secondary N) is 1. The number of benzene rings is 2. The van der Waals surface area contributed by atoms with Crippen molar-refractivity contribution in [1.29, 1.82) is 0 Å². The molecule has 0 unspecified atom stereocenters. The zero-order valence-electron chi connectivity index (χ0n) is 10.3. The molecule has 98 valence electrons. The van der Waals surface area contributed by atoms with Gasteiger partial charge in [0.1, 0.15) is 0 Å². The predicted molar refractivity (Wildman–Crippen MR) is 82.0 cm³/mol. The zero-order chi connectivity index (χ0) is 13.8. The molecular formula is C14H13ClN2OS. The van der Waals surface area contributed by atoms with Gasteiger partial charge in [-0.3, -0.25) is 4.79 Å². The number of carbonyl (C=O) groups is 1. The van der Waals surface area contributed by atoms with Gasteiger partial charge in [-0.1, -0.05) is 23.7 Å². The number of amides is 1. The van der Waals surface area contributed by atoms with Crippen molar-refractivity contribution in [2.45, 2.75) is 4.90 Å². The molecular weight excluding hydrogens is 280 g/mol. The number of rotatable bonds is 3. The molecule has 3 nitrogen and oxygen atoms in total. The third-order valence-corrected chi connectivity index (χ3v) is 3.70. The van der Waals surface area contributed by atoms with Crippen LogP contribution < -0.4 is 11.1 Å². The Hall–Kier alpha value is -1.65. The van der Waals surface area contributed by atoms with Crippen LogP contribution in [0, 0.1) is 0 Å². The minimum atomic E-state index is -0.184. The predicted octanol–water partition coefficient (Wildman–Crippen LogP) is 3.90. The summed E-state index contributed by atoms with van der Waals surface area (Å²) in [7, 11) is 0. The lowest BCUT2D eigenvalue weighted by Crippen LogP contribution is -2.13. The van der Waals surface area contributed by atoms with Crippen molar-refractivity contribution < 1.29 is 4.79 Å². The molecule has 2 aromatic rings. The first kappa shape index (κ1) is 13.8. The van der Waals surface area contributed by atoms with Crippen molar-refractivity contribution in [3.63, 3.8) is 0 Å². The Bertz CT molecular complexity index is 616. The molecule has 3 N–H and O–H groups in total. The fourth-order valence-electron chi connectivity index (χ4n) is 1.65. The Morgan fingerprint density at radius 1 is 1.26 bits per heavy atom.